The fourth-order valence-corrected chi connectivity index (χ4v) is 2.61. The van der Waals surface area contributed by atoms with Crippen molar-refractivity contribution in [3.8, 4) is 5.75 Å². The number of nitrogens with one attached hydrogen (secondary N) is 1. The Kier molecular flexibility index (Phi) is 5.65. The van der Waals surface area contributed by atoms with E-state index in [1.807, 2.05) is 41.2 Å². The summed E-state index contributed by atoms with van der Waals surface area (Å²) in [5.41, 5.74) is 1.13. The van der Waals surface area contributed by atoms with Gasteiger partial charge in [0, 0.05) is 17.8 Å². The number of ether oxygens (including phenoxy) is 1. The molecule has 2 aromatic rings. The van der Waals surface area contributed by atoms with Gasteiger partial charge in [0.05, 0.1) is 11.7 Å². The summed E-state index contributed by atoms with van der Waals surface area (Å²) in [6, 6.07) is 9.60. The normalized spacial score (nSPS) is 13.9. The molecule has 0 aliphatic carbocycles. The van der Waals surface area contributed by atoms with E-state index in [1.165, 1.54) is 0 Å². The van der Waals surface area contributed by atoms with Crippen molar-refractivity contribution in [2.24, 2.45) is 0 Å². The maximum atomic E-state index is 6.05. The highest BCUT2D eigenvalue weighted by Gasteiger charge is 2.23. The average molecular weight is 308 g/mol. The zero-order valence-electron chi connectivity index (χ0n) is 12.7. The van der Waals surface area contributed by atoms with E-state index < -0.39 is 0 Å². The van der Waals surface area contributed by atoms with E-state index in [-0.39, 0.29) is 12.1 Å². The Bertz CT molecular complexity index is 570. The largest absolute Gasteiger partial charge is 0.489 e. The summed E-state index contributed by atoms with van der Waals surface area (Å²) >= 11 is 6.01. The molecule has 4 nitrogen and oxygen atoms in total. The zero-order chi connectivity index (χ0) is 15.2. The Morgan fingerprint density at radius 3 is 2.81 bits per heavy atom. The number of likely N-dealkylation sites (N-methyl/N-ethyl adjacent to an activating group) is 1. The first-order chi connectivity index (χ1) is 10.2. The molecule has 0 bridgehead atoms. The summed E-state index contributed by atoms with van der Waals surface area (Å²) in [6.07, 6.45) is 1.79. The van der Waals surface area contributed by atoms with Crippen molar-refractivity contribution in [1.29, 1.82) is 0 Å². The van der Waals surface area contributed by atoms with Gasteiger partial charge in [-0.05, 0) is 44.7 Å². The monoisotopic (exact) mass is 307 g/mol. The number of halogens is 1. The second-order valence-corrected chi connectivity index (χ2v) is 5.32. The number of aryl methyl sites for hydroxylation is 1. The number of benzene rings is 1. The third-order valence-electron chi connectivity index (χ3n) is 3.38. The van der Waals surface area contributed by atoms with Gasteiger partial charge in [0.1, 0.15) is 11.9 Å². The van der Waals surface area contributed by atoms with Crippen LogP contribution in [0.4, 0.5) is 0 Å². The summed E-state index contributed by atoms with van der Waals surface area (Å²) in [6.45, 7) is 7.94. The Labute approximate surface area is 131 Å². The number of hydrogen-bond donors (Lipinski definition) is 1. The van der Waals surface area contributed by atoms with Crippen LogP contribution in [0.25, 0.3) is 0 Å². The molecule has 0 amide bonds. The lowest BCUT2D eigenvalue weighted by Crippen LogP contribution is -2.35. The summed E-state index contributed by atoms with van der Waals surface area (Å²) in [5.74, 6) is 0.778. The van der Waals surface area contributed by atoms with Crippen molar-refractivity contribution in [1.82, 2.24) is 15.1 Å². The van der Waals surface area contributed by atoms with Crippen LogP contribution in [-0.2, 0) is 6.54 Å². The summed E-state index contributed by atoms with van der Waals surface area (Å²) in [4.78, 5) is 0. The first kappa shape index (κ1) is 15.9. The number of rotatable bonds is 7. The fraction of sp³-hybridized carbons (Fsp3) is 0.438. The molecule has 1 heterocycles. The minimum absolute atomic E-state index is 0.0367. The molecule has 0 fully saturated rings. The minimum atomic E-state index is -0.0367. The smallest absolute Gasteiger partial charge is 0.121 e. The van der Waals surface area contributed by atoms with E-state index in [0.29, 0.717) is 5.02 Å². The molecule has 0 aliphatic heterocycles. The molecule has 114 valence electrons. The zero-order valence-corrected chi connectivity index (χ0v) is 13.5. The van der Waals surface area contributed by atoms with Crippen molar-refractivity contribution in [2.75, 3.05) is 6.54 Å². The van der Waals surface area contributed by atoms with Gasteiger partial charge in [-0.1, -0.05) is 24.6 Å². The van der Waals surface area contributed by atoms with Crippen LogP contribution in [0, 0.1) is 0 Å². The molecule has 0 aliphatic rings. The fourth-order valence-electron chi connectivity index (χ4n) is 2.43. The summed E-state index contributed by atoms with van der Waals surface area (Å²) < 4.78 is 8.04. The lowest BCUT2D eigenvalue weighted by Gasteiger charge is -2.26. The van der Waals surface area contributed by atoms with Gasteiger partial charge in [-0.25, -0.2) is 0 Å². The maximum Gasteiger partial charge on any atom is 0.121 e. The van der Waals surface area contributed by atoms with Crippen LogP contribution in [0.2, 0.25) is 5.02 Å². The van der Waals surface area contributed by atoms with Crippen molar-refractivity contribution < 1.29 is 4.74 Å². The number of hydrogen-bond acceptors (Lipinski definition) is 3. The van der Waals surface area contributed by atoms with Crippen molar-refractivity contribution >= 4 is 11.6 Å². The first-order valence-electron chi connectivity index (χ1n) is 7.33. The Morgan fingerprint density at radius 1 is 1.33 bits per heavy atom. The predicted molar refractivity (Wildman–Crippen MR) is 85.9 cm³/mol. The highest BCUT2D eigenvalue weighted by molar-refractivity contribution is 6.30. The van der Waals surface area contributed by atoms with Gasteiger partial charge in [0.15, 0.2) is 0 Å². The third kappa shape index (κ3) is 3.99. The van der Waals surface area contributed by atoms with Gasteiger partial charge in [-0.3, -0.25) is 4.68 Å². The molecule has 0 spiro atoms. The van der Waals surface area contributed by atoms with Gasteiger partial charge >= 0.3 is 0 Å². The van der Waals surface area contributed by atoms with Crippen LogP contribution in [0.5, 0.6) is 5.75 Å². The highest BCUT2D eigenvalue weighted by atomic mass is 35.5. The van der Waals surface area contributed by atoms with Crippen molar-refractivity contribution in [3.63, 3.8) is 0 Å². The molecule has 0 radical (unpaired) electrons. The molecule has 1 aromatic carbocycles. The van der Waals surface area contributed by atoms with E-state index >= 15 is 0 Å². The van der Waals surface area contributed by atoms with Crippen LogP contribution in [-0.4, -0.2) is 22.4 Å². The topological polar surface area (TPSA) is 39.1 Å². The van der Waals surface area contributed by atoms with Gasteiger partial charge in [-0.15, -0.1) is 0 Å². The van der Waals surface area contributed by atoms with Gasteiger partial charge in [0.25, 0.3) is 0 Å². The highest BCUT2D eigenvalue weighted by Crippen LogP contribution is 2.24. The van der Waals surface area contributed by atoms with Gasteiger partial charge in [-0.2, -0.15) is 5.10 Å². The maximum absolute atomic E-state index is 6.05. The van der Waals surface area contributed by atoms with Crippen molar-refractivity contribution in [3.05, 3.63) is 47.2 Å². The van der Waals surface area contributed by atoms with E-state index in [2.05, 4.69) is 31.2 Å². The summed E-state index contributed by atoms with van der Waals surface area (Å²) in [7, 11) is 0. The molecular formula is C16H22ClN3O. The van der Waals surface area contributed by atoms with Crippen LogP contribution < -0.4 is 10.1 Å². The lowest BCUT2D eigenvalue weighted by molar-refractivity contribution is 0.166. The molecule has 21 heavy (non-hydrogen) atoms. The second-order valence-electron chi connectivity index (χ2n) is 4.89. The van der Waals surface area contributed by atoms with E-state index in [4.69, 9.17) is 16.3 Å². The molecule has 0 saturated heterocycles. The Morgan fingerprint density at radius 2 is 2.14 bits per heavy atom. The molecule has 5 heteroatoms. The molecule has 2 rings (SSSR count). The lowest BCUT2D eigenvalue weighted by atomic mass is 10.1. The van der Waals surface area contributed by atoms with Crippen molar-refractivity contribution in [2.45, 2.75) is 39.5 Å². The molecule has 2 atom stereocenters. The molecular weight excluding hydrogens is 286 g/mol. The first-order valence-corrected chi connectivity index (χ1v) is 7.70. The Hall–Kier alpha value is -1.52. The predicted octanol–water partition coefficient (Wildman–Crippen LogP) is 3.67. The third-order valence-corrected chi connectivity index (χ3v) is 3.61. The van der Waals surface area contributed by atoms with Crippen LogP contribution >= 0.6 is 11.6 Å². The standard InChI is InChI=1S/C16H22ClN3O/c1-4-18-16(15-9-10-19-20(15)5-2)12(3)21-14-8-6-7-13(17)11-14/h6-12,16,18H,4-5H2,1-3H3. The van der Waals surface area contributed by atoms with Gasteiger partial charge < -0.3 is 10.1 Å². The molecule has 1 aromatic heterocycles. The van der Waals surface area contributed by atoms with Gasteiger partial charge in [0.2, 0.25) is 0 Å². The second kappa shape index (κ2) is 7.48. The SMILES string of the molecule is CCNC(c1ccnn1CC)C(C)Oc1cccc(Cl)c1. The van der Waals surface area contributed by atoms with E-state index in [9.17, 15) is 0 Å². The van der Waals surface area contributed by atoms with E-state index in [1.54, 1.807) is 0 Å². The van der Waals surface area contributed by atoms with Crippen LogP contribution in [0.15, 0.2) is 36.5 Å². The van der Waals surface area contributed by atoms with Crippen LogP contribution in [0.1, 0.15) is 32.5 Å². The molecule has 1 N–H and O–H groups in total. The number of aromatic nitrogens is 2. The summed E-state index contributed by atoms with van der Waals surface area (Å²) in [5, 5.41) is 8.50. The minimum Gasteiger partial charge on any atom is -0.489 e. The Balaban J connectivity index is 2.17. The quantitative estimate of drug-likeness (QED) is 0.848. The average Bonchev–Trinajstić information content (AvgIpc) is 2.92. The number of nitrogens with zero attached hydrogens (tertiary/aromatic N) is 2. The molecule has 0 saturated carbocycles. The van der Waals surface area contributed by atoms with E-state index in [0.717, 1.165) is 24.5 Å². The van der Waals surface area contributed by atoms with Crippen LogP contribution in [0.3, 0.4) is 0 Å². The molecule has 2 unspecified atom stereocenters.